The SMILES string of the molecule is C=CCOc1ccc(-c2nn3ccccc3c2-c2ccc(S(=O)(=O)n3c(C)ccc3C)cc2)cc1. The van der Waals surface area contributed by atoms with Crippen molar-refractivity contribution < 1.29 is 13.2 Å². The van der Waals surface area contributed by atoms with Crippen LogP contribution in [0.15, 0.2) is 103 Å². The predicted octanol–water partition coefficient (Wildman–Crippen LogP) is 5.89. The standard InChI is InChI=1S/C28H25N3O3S/c1-4-19-34-24-14-10-23(11-15-24)28-27(26-7-5-6-18-30(26)29-28)22-12-16-25(17-13-22)35(32,33)31-20(2)8-9-21(31)3/h4-18H,1,19H2,2-3H3. The van der Waals surface area contributed by atoms with Gasteiger partial charge in [-0.1, -0.05) is 30.9 Å². The maximum atomic E-state index is 13.3. The number of rotatable bonds is 7. The van der Waals surface area contributed by atoms with E-state index in [9.17, 15) is 8.42 Å². The Morgan fingerprint density at radius 3 is 2.20 bits per heavy atom. The second-order valence-electron chi connectivity index (χ2n) is 8.29. The van der Waals surface area contributed by atoms with Crippen molar-refractivity contribution >= 4 is 15.5 Å². The van der Waals surface area contributed by atoms with Crippen LogP contribution in [0.1, 0.15) is 11.4 Å². The monoisotopic (exact) mass is 483 g/mol. The molecule has 0 amide bonds. The Hall–Kier alpha value is -4.10. The minimum absolute atomic E-state index is 0.241. The van der Waals surface area contributed by atoms with Gasteiger partial charge in [0.05, 0.1) is 10.4 Å². The molecule has 5 rings (SSSR count). The molecule has 0 aliphatic carbocycles. The molecule has 35 heavy (non-hydrogen) atoms. The van der Waals surface area contributed by atoms with Crippen molar-refractivity contribution in [3.63, 3.8) is 0 Å². The van der Waals surface area contributed by atoms with Crippen molar-refractivity contribution in [3.05, 3.63) is 109 Å². The number of ether oxygens (including phenoxy) is 1. The molecule has 0 unspecified atom stereocenters. The number of hydrogen-bond donors (Lipinski definition) is 0. The Morgan fingerprint density at radius 2 is 1.54 bits per heavy atom. The number of hydrogen-bond acceptors (Lipinski definition) is 4. The minimum Gasteiger partial charge on any atom is -0.490 e. The largest absolute Gasteiger partial charge is 0.490 e. The molecule has 176 valence electrons. The second kappa shape index (κ2) is 8.92. The lowest BCUT2D eigenvalue weighted by atomic mass is 10.00. The van der Waals surface area contributed by atoms with Crippen molar-refractivity contribution in [2.75, 3.05) is 6.61 Å². The Balaban J connectivity index is 1.59. The van der Waals surface area contributed by atoms with Crippen LogP contribution in [-0.2, 0) is 10.0 Å². The Kier molecular flexibility index (Phi) is 5.78. The molecule has 2 aromatic carbocycles. The average molecular weight is 484 g/mol. The van der Waals surface area contributed by atoms with Crippen LogP contribution in [0, 0.1) is 13.8 Å². The van der Waals surface area contributed by atoms with E-state index >= 15 is 0 Å². The summed E-state index contributed by atoms with van der Waals surface area (Å²) in [6.07, 6.45) is 3.61. The van der Waals surface area contributed by atoms with Crippen molar-refractivity contribution in [1.29, 1.82) is 0 Å². The summed E-state index contributed by atoms with van der Waals surface area (Å²) in [6, 6.07) is 24.3. The molecule has 0 aliphatic rings. The van der Waals surface area contributed by atoms with Gasteiger partial charge < -0.3 is 4.74 Å². The second-order valence-corrected chi connectivity index (χ2v) is 10.1. The van der Waals surface area contributed by atoms with Gasteiger partial charge in [0.1, 0.15) is 18.1 Å². The first-order valence-corrected chi connectivity index (χ1v) is 12.7. The molecule has 6 nitrogen and oxygen atoms in total. The molecule has 0 radical (unpaired) electrons. The summed E-state index contributed by atoms with van der Waals surface area (Å²) in [7, 11) is -3.68. The van der Waals surface area contributed by atoms with E-state index in [1.54, 1.807) is 44.2 Å². The van der Waals surface area contributed by atoms with Gasteiger partial charge in [0, 0.05) is 28.7 Å². The zero-order chi connectivity index (χ0) is 24.6. The molecule has 0 aliphatic heterocycles. The molecule has 0 atom stereocenters. The lowest BCUT2D eigenvalue weighted by Crippen LogP contribution is -2.15. The molecule has 5 aromatic rings. The maximum absolute atomic E-state index is 13.3. The molecule has 0 bridgehead atoms. The normalized spacial score (nSPS) is 11.6. The van der Waals surface area contributed by atoms with Crippen LogP contribution in [0.25, 0.3) is 27.9 Å². The van der Waals surface area contributed by atoms with Crippen LogP contribution in [-0.4, -0.2) is 28.6 Å². The first-order valence-electron chi connectivity index (χ1n) is 11.2. The fourth-order valence-corrected chi connectivity index (χ4v) is 5.85. The number of aryl methyl sites for hydroxylation is 2. The van der Waals surface area contributed by atoms with E-state index in [0.29, 0.717) is 18.0 Å². The lowest BCUT2D eigenvalue weighted by molar-refractivity contribution is 0.363. The van der Waals surface area contributed by atoms with E-state index in [2.05, 4.69) is 6.58 Å². The third-order valence-corrected chi connectivity index (χ3v) is 7.85. The van der Waals surface area contributed by atoms with E-state index in [-0.39, 0.29) is 4.90 Å². The van der Waals surface area contributed by atoms with E-state index in [0.717, 1.165) is 33.7 Å². The Bertz CT molecular complexity index is 1610. The summed E-state index contributed by atoms with van der Waals surface area (Å²) in [5.74, 6) is 0.754. The van der Waals surface area contributed by atoms with E-state index in [1.165, 1.54) is 3.97 Å². The molecule has 0 saturated heterocycles. The van der Waals surface area contributed by atoms with E-state index < -0.39 is 10.0 Å². The Labute approximate surface area is 204 Å². The molecular weight excluding hydrogens is 458 g/mol. The molecule has 0 spiro atoms. The zero-order valence-electron chi connectivity index (χ0n) is 19.5. The third-order valence-electron chi connectivity index (χ3n) is 5.92. The number of aromatic nitrogens is 3. The molecule has 0 N–H and O–H groups in total. The van der Waals surface area contributed by atoms with Crippen molar-refractivity contribution in [2.24, 2.45) is 0 Å². The van der Waals surface area contributed by atoms with Crippen LogP contribution in [0.3, 0.4) is 0 Å². The lowest BCUT2D eigenvalue weighted by Gasteiger charge is -2.12. The smallest absolute Gasteiger partial charge is 0.268 e. The number of nitrogens with zero attached hydrogens (tertiary/aromatic N) is 3. The van der Waals surface area contributed by atoms with Gasteiger partial charge in [-0.2, -0.15) is 5.10 Å². The van der Waals surface area contributed by atoms with Gasteiger partial charge in [-0.15, -0.1) is 0 Å². The average Bonchev–Trinajstić information content (AvgIpc) is 3.43. The summed E-state index contributed by atoms with van der Waals surface area (Å²) in [5, 5.41) is 4.82. The maximum Gasteiger partial charge on any atom is 0.268 e. The van der Waals surface area contributed by atoms with Crippen LogP contribution >= 0.6 is 0 Å². The van der Waals surface area contributed by atoms with Gasteiger partial charge in [-0.05, 0) is 80.1 Å². The van der Waals surface area contributed by atoms with Gasteiger partial charge in [0.25, 0.3) is 10.0 Å². The summed E-state index contributed by atoms with van der Waals surface area (Å²) in [6.45, 7) is 7.70. The molecule has 3 aromatic heterocycles. The van der Waals surface area contributed by atoms with Crippen LogP contribution in [0.2, 0.25) is 0 Å². The van der Waals surface area contributed by atoms with Crippen LogP contribution < -0.4 is 4.74 Å². The van der Waals surface area contributed by atoms with Gasteiger partial charge in [0.15, 0.2) is 0 Å². The molecule has 0 saturated carbocycles. The fraction of sp³-hybridized carbons (Fsp3) is 0.107. The van der Waals surface area contributed by atoms with Gasteiger partial charge in [-0.25, -0.2) is 16.9 Å². The highest BCUT2D eigenvalue weighted by atomic mass is 32.2. The molecular formula is C28H25N3O3S. The minimum atomic E-state index is -3.68. The third kappa shape index (κ3) is 4.04. The fourth-order valence-electron chi connectivity index (χ4n) is 4.28. The first-order chi connectivity index (χ1) is 16.9. The topological polar surface area (TPSA) is 65.6 Å². The quantitative estimate of drug-likeness (QED) is 0.271. The van der Waals surface area contributed by atoms with Gasteiger partial charge in [0.2, 0.25) is 0 Å². The molecule has 3 heterocycles. The van der Waals surface area contributed by atoms with Gasteiger partial charge in [-0.3, -0.25) is 0 Å². The molecule has 0 fully saturated rings. The summed E-state index contributed by atoms with van der Waals surface area (Å²) >= 11 is 0. The highest BCUT2D eigenvalue weighted by Gasteiger charge is 2.22. The van der Waals surface area contributed by atoms with Crippen LogP contribution in [0.5, 0.6) is 5.75 Å². The predicted molar refractivity (Wildman–Crippen MR) is 138 cm³/mol. The van der Waals surface area contributed by atoms with Crippen molar-refractivity contribution in [1.82, 2.24) is 13.6 Å². The van der Waals surface area contributed by atoms with Crippen molar-refractivity contribution in [2.45, 2.75) is 18.7 Å². The summed E-state index contributed by atoms with van der Waals surface area (Å²) in [4.78, 5) is 0.241. The van der Waals surface area contributed by atoms with E-state index in [1.807, 2.05) is 65.3 Å². The highest BCUT2D eigenvalue weighted by molar-refractivity contribution is 7.90. The first kappa shape index (κ1) is 22.7. The molecule has 7 heteroatoms. The van der Waals surface area contributed by atoms with E-state index in [4.69, 9.17) is 9.84 Å². The number of benzene rings is 2. The van der Waals surface area contributed by atoms with Crippen molar-refractivity contribution in [3.8, 4) is 28.1 Å². The van der Waals surface area contributed by atoms with Gasteiger partial charge >= 0.3 is 0 Å². The highest BCUT2D eigenvalue weighted by Crippen LogP contribution is 2.36. The Morgan fingerprint density at radius 1 is 0.886 bits per heavy atom. The summed E-state index contributed by atoms with van der Waals surface area (Å²) in [5.41, 5.74) is 5.84. The number of fused-ring (bicyclic) bond motifs is 1. The van der Waals surface area contributed by atoms with Crippen LogP contribution in [0.4, 0.5) is 0 Å². The zero-order valence-corrected chi connectivity index (χ0v) is 20.4. The summed E-state index contributed by atoms with van der Waals surface area (Å²) < 4.78 is 35.4. The number of pyridine rings is 1.